The highest BCUT2D eigenvalue weighted by Crippen LogP contribution is 2.25. The Hall–Kier alpha value is -2.75. The van der Waals surface area contributed by atoms with Gasteiger partial charge in [-0.3, -0.25) is 0 Å². The first kappa shape index (κ1) is 20.0. The van der Waals surface area contributed by atoms with E-state index in [2.05, 4.69) is 41.5 Å². The summed E-state index contributed by atoms with van der Waals surface area (Å²) in [7, 11) is 0. The van der Waals surface area contributed by atoms with Gasteiger partial charge in [-0.25, -0.2) is 0 Å². The lowest BCUT2D eigenvalue weighted by atomic mass is 10.0. The number of halogens is 1. The molecule has 3 nitrogen and oxygen atoms in total. The predicted octanol–water partition coefficient (Wildman–Crippen LogP) is 5.78. The van der Waals surface area contributed by atoms with E-state index in [0.29, 0.717) is 0 Å². The summed E-state index contributed by atoms with van der Waals surface area (Å²) >= 11 is 6.01. The molecule has 3 aromatic rings. The molecule has 3 N–H and O–H groups in total. The molecule has 0 aromatic heterocycles. The van der Waals surface area contributed by atoms with Gasteiger partial charge in [-0.05, 0) is 60.0 Å². The zero-order chi connectivity index (χ0) is 19.8. The molecule has 0 atom stereocenters. The van der Waals surface area contributed by atoms with E-state index in [9.17, 15) is 5.11 Å². The number of hydrogen-bond donors (Lipinski definition) is 3. The molecule has 0 aliphatic rings. The Labute approximate surface area is 171 Å². The highest BCUT2D eigenvalue weighted by Gasteiger charge is 2.02. The smallest absolute Gasteiger partial charge is 0.115 e. The molecule has 0 spiro atoms. The van der Waals surface area contributed by atoms with Crippen LogP contribution in [0, 0.1) is 0 Å². The summed E-state index contributed by atoms with van der Waals surface area (Å²) in [4.78, 5) is 0. The van der Waals surface area contributed by atoms with Crippen molar-refractivity contribution >= 4 is 23.0 Å². The lowest BCUT2D eigenvalue weighted by molar-refractivity contribution is 0.514. The number of nitrogens with one attached hydrogen (secondary N) is 2. The van der Waals surface area contributed by atoms with Gasteiger partial charge in [-0.15, -0.1) is 0 Å². The van der Waals surface area contributed by atoms with Crippen molar-refractivity contribution in [2.75, 3.05) is 25.0 Å². The predicted molar refractivity (Wildman–Crippen MR) is 120 cm³/mol. The Bertz CT molecular complexity index is 939. The first-order chi connectivity index (χ1) is 13.6. The monoisotopic (exact) mass is 392 g/mol. The summed E-state index contributed by atoms with van der Waals surface area (Å²) in [5.41, 5.74) is 5.20. The quantitative estimate of drug-likeness (QED) is 0.319. The van der Waals surface area contributed by atoms with Crippen molar-refractivity contribution in [3.63, 3.8) is 0 Å². The van der Waals surface area contributed by atoms with E-state index in [0.717, 1.165) is 53.5 Å². The third kappa shape index (κ3) is 5.88. The van der Waals surface area contributed by atoms with E-state index in [1.807, 2.05) is 48.5 Å². The first-order valence-electron chi connectivity index (χ1n) is 9.39. The second kappa shape index (κ2) is 9.98. The summed E-state index contributed by atoms with van der Waals surface area (Å²) in [6.07, 6.45) is 0.961. The maximum absolute atomic E-state index is 9.60. The second-order valence-electron chi connectivity index (χ2n) is 6.67. The highest BCUT2D eigenvalue weighted by molar-refractivity contribution is 6.30. The number of anilines is 1. The van der Waals surface area contributed by atoms with E-state index >= 15 is 0 Å². The summed E-state index contributed by atoms with van der Waals surface area (Å²) in [6, 6.07) is 24.0. The molecule has 0 saturated heterocycles. The minimum absolute atomic E-state index is 0.0833. The standard InChI is InChI=1S/C24H25ClN2O/c1-18(28)20-6-3-7-21(16-20)22-8-4-10-24(17-22)27-14-13-26-12-11-19-5-2-9-23(25)15-19/h2-10,15-17,26-28H,1,11-14H2. The van der Waals surface area contributed by atoms with Crippen molar-refractivity contribution in [2.24, 2.45) is 0 Å². The Morgan fingerprint density at radius 2 is 1.61 bits per heavy atom. The third-order valence-corrected chi connectivity index (χ3v) is 4.74. The normalized spacial score (nSPS) is 10.6. The molecular formula is C24H25ClN2O. The molecule has 0 unspecified atom stereocenters. The molecule has 144 valence electrons. The van der Waals surface area contributed by atoms with Crippen LogP contribution in [0.25, 0.3) is 16.9 Å². The van der Waals surface area contributed by atoms with Crippen LogP contribution in [0.15, 0.2) is 79.4 Å². The third-order valence-electron chi connectivity index (χ3n) is 4.50. The molecule has 0 fully saturated rings. The topological polar surface area (TPSA) is 44.3 Å². The van der Waals surface area contributed by atoms with Crippen molar-refractivity contribution in [3.05, 3.63) is 95.5 Å². The first-order valence-corrected chi connectivity index (χ1v) is 9.77. The van der Waals surface area contributed by atoms with Crippen molar-refractivity contribution in [1.29, 1.82) is 0 Å². The number of aliphatic hydroxyl groups is 1. The Balaban J connectivity index is 1.47. The highest BCUT2D eigenvalue weighted by atomic mass is 35.5. The van der Waals surface area contributed by atoms with Crippen LogP contribution in [0.5, 0.6) is 0 Å². The minimum atomic E-state index is 0.0833. The van der Waals surface area contributed by atoms with Gasteiger partial charge in [0.1, 0.15) is 5.76 Å². The van der Waals surface area contributed by atoms with Crippen molar-refractivity contribution in [1.82, 2.24) is 5.32 Å². The lowest BCUT2D eigenvalue weighted by Gasteiger charge is -2.10. The summed E-state index contributed by atoms with van der Waals surface area (Å²) in [5.74, 6) is 0.0833. The van der Waals surface area contributed by atoms with Gasteiger partial charge in [-0.2, -0.15) is 0 Å². The van der Waals surface area contributed by atoms with Gasteiger partial charge in [0.2, 0.25) is 0 Å². The van der Waals surface area contributed by atoms with Crippen LogP contribution in [0.4, 0.5) is 5.69 Å². The van der Waals surface area contributed by atoms with Crippen LogP contribution in [-0.4, -0.2) is 24.7 Å². The van der Waals surface area contributed by atoms with E-state index in [1.165, 1.54) is 5.56 Å². The molecule has 0 saturated carbocycles. The number of hydrogen-bond acceptors (Lipinski definition) is 3. The average molecular weight is 393 g/mol. The SMILES string of the molecule is C=C(O)c1cccc(-c2cccc(NCCNCCc3cccc(Cl)c3)c2)c1. The molecule has 28 heavy (non-hydrogen) atoms. The summed E-state index contributed by atoms with van der Waals surface area (Å²) in [6.45, 7) is 6.23. The second-order valence-corrected chi connectivity index (χ2v) is 7.10. The summed E-state index contributed by atoms with van der Waals surface area (Å²) in [5, 5.41) is 17.3. The van der Waals surface area contributed by atoms with Crippen molar-refractivity contribution < 1.29 is 5.11 Å². The fourth-order valence-corrected chi connectivity index (χ4v) is 3.25. The zero-order valence-corrected chi connectivity index (χ0v) is 16.5. The lowest BCUT2D eigenvalue weighted by Crippen LogP contribution is -2.24. The van der Waals surface area contributed by atoms with Gasteiger partial charge >= 0.3 is 0 Å². The van der Waals surface area contributed by atoms with Gasteiger partial charge in [0.25, 0.3) is 0 Å². The van der Waals surface area contributed by atoms with Crippen LogP contribution in [0.3, 0.4) is 0 Å². The fraction of sp³-hybridized carbons (Fsp3) is 0.167. The molecule has 0 aliphatic carbocycles. The molecule has 0 aliphatic heterocycles. The Morgan fingerprint density at radius 1 is 0.857 bits per heavy atom. The Kier molecular flexibility index (Phi) is 7.12. The molecule has 3 aromatic carbocycles. The van der Waals surface area contributed by atoms with Crippen LogP contribution < -0.4 is 10.6 Å². The maximum Gasteiger partial charge on any atom is 0.115 e. The van der Waals surface area contributed by atoms with Crippen LogP contribution in [0.2, 0.25) is 5.02 Å². The number of benzene rings is 3. The van der Waals surface area contributed by atoms with E-state index in [4.69, 9.17) is 11.6 Å². The van der Waals surface area contributed by atoms with Crippen LogP contribution in [0.1, 0.15) is 11.1 Å². The molecule has 4 heteroatoms. The molecular weight excluding hydrogens is 368 g/mol. The molecule has 0 bridgehead atoms. The van der Waals surface area contributed by atoms with Crippen LogP contribution >= 0.6 is 11.6 Å². The van der Waals surface area contributed by atoms with Gasteiger partial charge < -0.3 is 15.7 Å². The average Bonchev–Trinajstić information content (AvgIpc) is 2.71. The number of aliphatic hydroxyl groups excluding tert-OH is 1. The van der Waals surface area contributed by atoms with E-state index in [1.54, 1.807) is 0 Å². The van der Waals surface area contributed by atoms with Gasteiger partial charge in [0.05, 0.1) is 0 Å². The Morgan fingerprint density at radius 3 is 2.39 bits per heavy atom. The van der Waals surface area contributed by atoms with Gasteiger partial charge in [-0.1, -0.05) is 60.6 Å². The zero-order valence-electron chi connectivity index (χ0n) is 15.8. The summed E-state index contributed by atoms with van der Waals surface area (Å²) < 4.78 is 0. The largest absolute Gasteiger partial charge is 0.508 e. The minimum Gasteiger partial charge on any atom is -0.508 e. The number of rotatable bonds is 9. The molecule has 0 heterocycles. The molecule has 3 rings (SSSR count). The van der Waals surface area contributed by atoms with Crippen molar-refractivity contribution in [3.8, 4) is 11.1 Å². The van der Waals surface area contributed by atoms with E-state index < -0.39 is 0 Å². The fourth-order valence-electron chi connectivity index (χ4n) is 3.03. The van der Waals surface area contributed by atoms with Gasteiger partial charge in [0, 0.05) is 29.4 Å². The van der Waals surface area contributed by atoms with Crippen molar-refractivity contribution in [2.45, 2.75) is 6.42 Å². The van der Waals surface area contributed by atoms with Crippen LogP contribution in [-0.2, 0) is 6.42 Å². The van der Waals surface area contributed by atoms with E-state index in [-0.39, 0.29) is 5.76 Å². The van der Waals surface area contributed by atoms with Gasteiger partial charge in [0.15, 0.2) is 0 Å². The molecule has 0 radical (unpaired) electrons. The maximum atomic E-state index is 9.60. The molecule has 0 amide bonds.